The maximum atomic E-state index is 13.8. The van der Waals surface area contributed by atoms with Crippen molar-refractivity contribution in [3.05, 3.63) is 46.2 Å². The van der Waals surface area contributed by atoms with Gasteiger partial charge in [0, 0.05) is 10.9 Å². The Balaban J connectivity index is 1.99. The highest BCUT2D eigenvalue weighted by Crippen LogP contribution is 2.34. The molecule has 186 valence electrons. The molecule has 1 heterocycles. The van der Waals surface area contributed by atoms with Crippen LogP contribution < -0.4 is 14.8 Å². The van der Waals surface area contributed by atoms with E-state index in [1.165, 1.54) is 12.8 Å². The third-order valence-electron chi connectivity index (χ3n) is 5.97. The molecule has 1 aliphatic carbocycles. The molecule has 1 atom stereocenters. The average Bonchev–Trinajstić information content (AvgIpc) is 3.20. The van der Waals surface area contributed by atoms with Crippen LogP contribution in [0.25, 0.3) is 0 Å². The van der Waals surface area contributed by atoms with Crippen LogP contribution in [0, 0.1) is 0 Å². The van der Waals surface area contributed by atoms with Crippen molar-refractivity contribution in [1.29, 1.82) is 0 Å². The zero-order valence-electron chi connectivity index (χ0n) is 20.2. The Bertz CT molecular complexity index is 927. The third-order valence-corrected chi connectivity index (χ3v) is 7.06. The average molecular weight is 507 g/mol. The van der Waals surface area contributed by atoms with Gasteiger partial charge in [-0.2, -0.15) is 0 Å². The van der Waals surface area contributed by atoms with E-state index in [2.05, 4.69) is 5.32 Å². The molecule has 6 nitrogen and oxygen atoms in total. The van der Waals surface area contributed by atoms with E-state index in [0.717, 1.165) is 30.6 Å². The number of rotatable bonds is 10. The van der Waals surface area contributed by atoms with Gasteiger partial charge in [0.1, 0.15) is 11.9 Å². The summed E-state index contributed by atoms with van der Waals surface area (Å²) in [5, 5.41) is 5.19. The van der Waals surface area contributed by atoms with Crippen molar-refractivity contribution in [3.63, 3.8) is 0 Å². The molecule has 1 aromatic carbocycles. The Labute approximate surface area is 211 Å². The van der Waals surface area contributed by atoms with Gasteiger partial charge in [-0.3, -0.25) is 9.59 Å². The van der Waals surface area contributed by atoms with Gasteiger partial charge in [-0.25, -0.2) is 0 Å². The van der Waals surface area contributed by atoms with Crippen molar-refractivity contribution in [2.24, 2.45) is 0 Å². The van der Waals surface area contributed by atoms with Gasteiger partial charge in [-0.15, -0.1) is 22.9 Å². The Morgan fingerprint density at radius 3 is 2.47 bits per heavy atom. The molecule has 2 aromatic rings. The van der Waals surface area contributed by atoms with Gasteiger partial charge in [0.25, 0.3) is 0 Å². The van der Waals surface area contributed by atoms with Gasteiger partial charge < -0.3 is 19.7 Å². The fourth-order valence-corrected chi connectivity index (χ4v) is 5.21. The number of carbonyl (C=O) groups is 2. The second-order valence-electron chi connectivity index (χ2n) is 8.91. The van der Waals surface area contributed by atoms with E-state index in [1.807, 2.05) is 37.4 Å². The summed E-state index contributed by atoms with van der Waals surface area (Å²) in [5.41, 5.74) is 0.661. The van der Waals surface area contributed by atoms with E-state index in [-0.39, 0.29) is 29.8 Å². The van der Waals surface area contributed by atoms with Crippen LogP contribution in [0.2, 0.25) is 0 Å². The highest BCUT2D eigenvalue weighted by molar-refractivity contribution is 7.09. The molecule has 0 aliphatic heterocycles. The number of methoxy groups -OCH3 is 1. The topological polar surface area (TPSA) is 67.9 Å². The van der Waals surface area contributed by atoms with Crippen molar-refractivity contribution >= 4 is 34.8 Å². The van der Waals surface area contributed by atoms with Gasteiger partial charge in [-0.1, -0.05) is 37.8 Å². The van der Waals surface area contributed by atoms with Crippen LogP contribution in [-0.2, 0) is 16.1 Å². The predicted octanol–water partition coefficient (Wildman–Crippen LogP) is 5.69. The first kappa shape index (κ1) is 26.4. The Hall–Kier alpha value is -2.25. The van der Waals surface area contributed by atoms with E-state index < -0.39 is 6.04 Å². The Morgan fingerprint density at radius 1 is 1.15 bits per heavy atom. The molecule has 2 amide bonds. The van der Waals surface area contributed by atoms with E-state index in [1.54, 1.807) is 35.5 Å². The van der Waals surface area contributed by atoms with Crippen LogP contribution in [0.15, 0.2) is 35.7 Å². The number of ether oxygens (including phenoxy) is 2. The second kappa shape index (κ2) is 13.0. The lowest BCUT2D eigenvalue weighted by Gasteiger charge is -2.32. The van der Waals surface area contributed by atoms with E-state index in [9.17, 15) is 9.59 Å². The van der Waals surface area contributed by atoms with Crippen LogP contribution in [0.1, 0.15) is 68.9 Å². The predicted molar refractivity (Wildman–Crippen MR) is 137 cm³/mol. The number of thiophene rings is 1. The van der Waals surface area contributed by atoms with Crippen LogP contribution in [-0.4, -0.2) is 41.8 Å². The van der Waals surface area contributed by atoms with Crippen LogP contribution >= 0.6 is 22.9 Å². The molecular weight excluding hydrogens is 472 g/mol. The normalized spacial score (nSPS) is 15.4. The summed E-state index contributed by atoms with van der Waals surface area (Å²) in [5.74, 6) is 0.425. The first-order chi connectivity index (χ1) is 16.4. The maximum absolute atomic E-state index is 13.8. The van der Waals surface area contributed by atoms with Crippen molar-refractivity contribution in [1.82, 2.24) is 10.2 Å². The van der Waals surface area contributed by atoms with Crippen molar-refractivity contribution in [2.45, 2.75) is 77.1 Å². The molecule has 0 saturated heterocycles. The summed E-state index contributed by atoms with van der Waals surface area (Å²) < 4.78 is 11.4. The monoisotopic (exact) mass is 506 g/mol. The van der Waals surface area contributed by atoms with Crippen molar-refractivity contribution in [2.75, 3.05) is 13.0 Å². The number of nitrogens with one attached hydrogen (secondary N) is 1. The number of halogens is 1. The van der Waals surface area contributed by atoms with E-state index >= 15 is 0 Å². The summed E-state index contributed by atoms with van der Waals surface area (Å²) in [7, 11) is 1.57. The minimum Gasteiger partial charge on any atom is -0.493 e. The summed E-state index contributed by atoms with van der Waals surface area (Å²) in [6.07, 6.45) is 6.48. The van der Waals surface area contributed by atoms with Gasteiger partial charge in [0.05, 0.1) is 19.8 Å². The van der Waals surface area contributed by atoms with Gasteiger partial charge >= 0.3 is 0 Å². The molecule has 0 spiro atoms. The zero-order chi connectivity index (χ0) is 24.5. The molecule has 0 unspecified atom stereocenters. The Morgan fingerprint density at radius 2 is 1.88 bits per heavy atom. The Kier molecular flexibility index (Phi) is 10.1. The van der Waals surface area contributed by atoms with Crippen molar-refractivity contribution in [3.8, 4) is 11.5 Å². The molecule has 1 N–H and O–H groups in total. The molecule has 3 rings (SSSR count). The number of alkyl halides is 1. The lowest BCUT2D eigenvalue weighted by atomic mass is 10.0. The van der Waals surface area contributed by atoms with Crippen LogP contribution in [0.4, 0.5) is 0 Å². The number of hydrogen-bond donors (Lipinski definition) is 1. The highest BCUT2D eigenvalue weighted by Gasteiger charge is 2.33. The summed E-state index contributed by atoms with van der Waals surface area (Å²) >= 11 is 7.56. The largest absolute Gasteiger partial charge is 0.493 e. The highest BCUT2D eigenvalue weighted by atomic mass is 35.5. The molecule has 1 fully saturated rings. The molecule has 0 radical (unpaired) electrons. The molecule has 8 heteroatoms. The zero-order valence-corrected chi connectivity index (χ0v) is 21.8. The fourth-order valence-electron chi connectivity index (χ4n) is 4.35. The summed E-state index contributed by atoms with van der Waals surface area (Å²) in [6, 6.07) is 8.59. The lowest BCUT2D eigenvalue weighted by molar-refractivity contribution is -0.140. The van der Waals surface area contributed by atoms with Crippen LogP contribution in [0.5, 0.6) is 11.5 Å². The first-order valence-corrected chi connectivity index (χ1v) is 13.4. The van der Waals surface area contributed by atoms with Crippen molar-refractivity contribution < 1.29 is 19.1 Å². The van der Waals surface area contributed by atoms with Crippen LogP contribution in [0.3, 0.4) is 0 Å². The fraction of sp³-hybridized carbons (Fsp3) is 0.538. The molecular formula is C26H35ClN2O4S. The van der Waals surface area contributed by atoms with Gasteiger partial charge in [-0.05, 0) is 55.8 Å². The molecule has 1 aromatic heterocycles. The quantitative estimate of drug-likeness (QED) is 0.332. The van der Waals surface area contributed by atoms with Gasteiger partial charge in [0.2, 0.25) is 11.8 Å². The number of nitrogens with zero attached hydrogens (tertiary/aromatic N) is 1. The minimum absolute atomic E-state index is 0.0257. The molecule has 1 saturated carbocycles. The number of hydrogen-bond acceptors (Lipinski definition) is 5. The smallest absolute Gasteiger partial charge is 0.247 e. The molecule has 34 heavy (non-hydrogen) atoms. The van der Waals surface area contributed by atoms with E-state index in [0.29, 0.717) is 23.6 Å². The number of carbonyl (C=O) groups excluding carboxylic acids is 2. The molecule has 1 aliphatic rings. The standard InChI is InChI=1S/C26H35ClN2O4S/c1-18(2)33-22-13-12-19(15-23(22)32-3)25(26(31)28-20-9-6-4-5-7-10-20)29(24(30)16-27)17-21-11-8-14-34-21/h8,11-15,18,20,25H,4-7,9-10,16-17H2,1-3H3,(H,28,31)/t25-/m1/s1. The maximum Gasteiger partial charge on any atom is 0.247 e. The lowest BCUT2D eigenvalue weighted by Crippen LogP contribution is -2.46. The SMILES string of the molecule is COc1cc([C@H](C(=O)NC2CCCCCC2)N(Cc2cccs2)C(=O)CCl)ccc1OC(C)C. The third kappa shape index (κ3) is 7.12. The first-order valence-electron chi connectivity index (χ1n) is 12.0. The summed E-state index contributed by atoms with van der Waals surface area (Å²) in [4.78, 5) is 29.4. The number of benzene rings is 1. The summed E-state index contributed by atoms with van der Waals surface area (Å²) in [6.45, 7) is 4.19. The molecule has 0 bridgehead atoms. The number of amides is 2. The second-order valence-corrected chi connectivity index (χ2v) is 10.2. The van der Waals surface area contributed by atoms with Gasteiger partial charge in [0.15, 0.2) is 11.5 Å². The minimum atomic E-state index is -0.835. The van der Waals surface area contributed by atoms with E-state index in [4.69, 9.17) is 21.1 Å².